The van der Waals surface area contributed by atoms with Crippen LogP contribution in [-0.2, 0) is 11.0 Å². The minimum Gasteiger partial charge on any atom is -0.456 e. The van der Waals surface area contributed by atoms with Crippen LogP contribution in [0.25, 0.3) is 0 Å². The summed E-state index contributed by atoms with van der Waals surface area (Å²) in [6.45, 7) is 1.77. The van der Waals surface area contributed by atoms with E-state index in [-0.39, 0.29) is 17.0 Å². The summed E-state index contributed by atoms with van der Waals surface area (Å²) in [5, 5.41) is 5.09. The molecule has 2 aromatic carbocycles. The number of hydrogen-bond donors (Lipinski definition) is 2. The third kappa shape index (κ3) is 5.97. The number of halogens is 3. The van der Waals surface area contributed by atoms with Crippen LogP contribution in [0.15, 0.2) is 66.5 Å². The molecule has 0 unspecified atom stereocenters. The van der Waals surface area contributed by atoms with Crippen LogP contribution in [0.4, 0.5) is 13.2 Å². The number of carbonyl (C=O) groups excluding carboxylic acids is 2. The Morgan fingerprint density at radius 3 is 2.45 bits per heavy atom. The third-order valence-electron chi connectivity index (χ3n) is 3.80. The van der Waals surface area contributed by atoms with Crippen LogP contribution in [0, 0.1) is 6.92 Å². The van der Waals surface area contributed by atoms with Gasteiger partial charge in [-0.05, 0) is 49.0 Å². The van der Waals surface area contributed by atoms with E-state index in [9.17, 15) is 22.8 Å². The highest BCUT2D eigenvalue weighted by Gasteiger charge is 2.32. The number of benzene rings is 2. The van der Waals surface area contributed by atoms with Crippen LogP contribution < -0.4 is 15.4 Å². The van der Waals surface area contributed by atoms with Crippen molar-refractivity contribution in [2.75, 3.05) is 7.05 Å². The molecule has 0 fully saturated rings. The fraction of sp³-hybridized carbons (Fsp3) is 0.143. The number of hydrogen-bond acceptors (Lipinski definition) is 4. The van der Waals surface area contributed by atoms with E-state index in [1.54, 1.807) is 38.2 Å². The lowest BCUT2D eigenvalue weighted by molar-refractivity contribution is -0.137. The smallest absolute Gasteiger partial charge is 0.416 e. The molecule has 5 nitrogen and oxygen atoms in total. The highest BCUT2D eigenvalue weighted by Crippen LogP contribution is 2.34. The number of carbonyl (C=O) groups is 2. The Hall–Kier alpha value is -3.55. The lowest BCUT2D eigenvalue weighted by atomic mass is 10.1. The van der Waals surface area contributed by atoms with Gasteiger partial charge in [0.15, 0.2) is 0 Å². The standard InChI is InChI=1S/C21H19F3N2O3/c1-14-5-3-4-6-18(14)29-19-8-7-15(21(22,23)24)13-17(19)20(28)26-16(10-12-27)9-11-25-2/h3-13,25H,1-2H3,(H,26,28)/b11-9-,16-10+. The minimum absolute atomic E-state index is 0.0483. The number of aryl methyl sites for hydroxylation is 1. The second-order valence-electron chi connectivity index (χ2n) is 5.91. The first kappa shape index (κ1) is 21.7. The summed E-state index contributed by atoms with van der Waals surface area (Å²) in [5.41, 5.74) is -0.472. The van der Waals surface area contributed by atoms with Crippen LogP contribution in [0.3, 0.4) is 0 Å². The number of amides is 1. The van der Waals surface area contributed by atoms with E-state index in [1.807, 2.05) is 0 Å². The molecule has 8 heteroatoms. The van der Waals surface area contributed by atoms with Gasteiger partial charge in [-0.25, -0.2) is 0 Å². The summed E-state index contributed by atoms with van der Waals surface area (Å²) in [5.74, 6) is -0.499. The maximum Gasteiger partial charge on any atom is 0.416 e. The molecule has 1 amide bonds. The first-order chi connectivity index (χ1) is 13.8. The van der Waals surface area contributed by atoms with Gasteiger partial charge in [0.05, 0.1) is 11.1 Å². The summed E-state index contributed by atoms with van der Waals surface area (Å²) in [7, 11) is 1.61. The van der Waals surface area contributed by atoms with Gasteiger partial charge in [-0.3, -0.25) is 9.59 Å². The minimum atomic E-state index is -4.64. The van der Waals surface area contributed by atoms with Gasteiger partial charge in [0.2, 0.25) is 0 Å². The second kappa shape index (κ2) is 9.59. The molecular formula is C21H19F3N2O3. The number of para-hydroxylation sites is 1. The van der Waals surface area contributed by atoms with Crippen molar-refractivity contribution in [1.82, 2.24) is 10.6 Å². The van der Waals surface area contributed by atoms with Gasteiger partial charge in [-0.1, -0.05) is 18.2 Å². The molecule has 0 aliphatic heterocycles. The average molecular weight is 404 g/mol. The molecule has 0 aliphatic rings. The highest BCUT2D eigenvalue weighted by atomic mass is 19.4. The zero-order valence-corrected chi connectivity index (χ0v) is 15.7. The molecule has 0 radical (unpaired) electrons. The Kier molecular flexibility index (Phi) is 7.19. The van der Waals surface area contributed by atoms with Gasteiger partial charge in [0, 0.05) is 18.8 Å². The van der Waals surface area contributed by atoms with E-state index < -0.39 is 17.6 Å². The van der Waals surface area contributed by atoms with Crippen molar-refractivity contribution in [3.63, 3.8) is 0 Å². The number of allylic oxidation sites excluding steroid dienone is 2. The zero-order chi connectivity index (χ0) is 21.4. The molecule has 0 aliphatic carbocycles. The first-order valence-corrected chi connectivity index (χ1v) is 8.51. The SMILES string of the molecule is CN/C=C\C(=C/C=O)NC(=O)c1cc(C(F)(F)F)ccc1Oc1ccccc1C. The van der Waals surface area contributed by atoms with Gasteiger partial charge in [0.1, 0.15) is 17.8 Å². The van der Waals surface area contributed by atoms with Crippen molar-refractivity contribution in [1.29, 1.82) is 0 Å². The predicted molar refractivity (Wildman–Crippen MR) is 103 cm³/mol. The van der Waals surface area contributed by atoms with Crippen LogP contribution in [-0.4, -0.2) is 19.2 Å². The molecule has 29 heavy (non-hydrogen) atoms. The van der Waals surface area contributed by atoms with Crippen LogP contribution in [0.2, 0.25) is 0 Å². The number of rotatable bonds is 7. The summed E-state index contributed by atoms with van der Waals surface area (Å²) in [6, 6.07) is 9.55. The summed E-state index contributed by atoms with van der Waals surface area (Å²) < 4.78 is 45.2. The Morgan fingerprint density at radius 2 is 1.83 bits per heavy atom. The zero-order valence-electron chi connectivity index (χ0n) is 15.7. The molecule has 2 N–H and O–H groups in total. The lowest BCUT2D eigenvalue weighted by Crippen LogP contribution is -2.23. The Morgan fingerprint density at radius 1 is 1.10 bits per heavy atom. The van der Waals surface area contributed by atoms with Crippen molar-refractivity contribution in [2.24, 2.45) is 0 Å². The fourth-order valence-electron chi connectivity index (χ4n) is 2.35. The molecule has 0 aromatic heterocycles. The van der Waals surface area contributed by atoms with E-state index in [1.165, 1.54) is 12.3 Å². The maximum atomic E-state index is 13.2. The van der Waals surface area contributed by atoms with Crippen LogP contribution in [0.1, 0.15) is 21.5 Å². The highest BCUT2D eigenvalue weighted by molar-refractivity contribution is 5.98. The largest absolute Gasteiger partial charge is 0.456 e. The van der Waals surface area contributed by atoms with Gasteiger partial charge >= 0.3 is 6.18 Å². The predicted octanol–water partition coefficient (Wildman–Crippen LogP) is 4.35. The third-order valence-corrected chi connectivity index (χ3v) is 3.80. The summed E-state index contributed by atoms with van der Waals surface area (Å²) in [6.07, 6.45) is -0.272. The molecule has 0 bridgehead atoms. The molecule has 2 aromatic rings. The van der Waals surface area contributed by atoms with E-state index in [4.69, 9.17) is 4.74 Å². The van der Waals surface area contributed by atoms with Gasteiger partial charge in [-0.15, -0.1) is 0 Å². The van der Waals surface area contributed by atoms with Gasteiger partial charge in [-0.2, -0.15) is 13.2 Å². The van der Waals surface area contributed by atoms with Gasteiger partial charge < -0.3 is 15.4 Å². The monoisotopic (exact) mass is 404 g/mol. The van der Waals surface area contributed by atoms with Crippen molar-refractivity contribution < 1.29 is 27.5 Å². The Bertz CT molecular complexity index is 950. The molecule has 0 heterocycles. The quantitative estimate of drug-likeness (QED) is 0.409. The fourth-order valence-corrected chi connectivity index (χ4v) is 2.35. The number of ether oxygens (including phenoxy) is 1. The second-order valence-corrected chi connectivity index (χ2v) is 5.91. The van der Waals surface area contributed by atoms with Crippen molar-refractivity contribution >= 4 is 12.2 Å². The van der Waals surface area contributed by atoms with E-state index in [0.717, 1.165) is 23.8 Å². The molecule has 0 saturated heterocycles. The van der Waals surface area contributed by atoms with Crippen molar-refractivity contribution in [3.8, 4) is 11.5 Å². The lowest BCUT2D eigenvalue weighted by Gasteiger charge is -2.15. The van der Waals surface area contributed by atoms with E-state index >= 15 is 0 Å². The number of nitrogens with one attached hydrogen (secondary N) is 2. The van der Waals surface area contributed by atoms with Crippen LogP contribution in [0.5, 0.6) is 11.5 Å². The molecule has 2 rings (SSSR count). The van der Waals surface area contributed by atoms with E-state index in [0.29, 0.717) is 18.1 Å². The van der Waals surface area contributed by atoms with Crippen LogP contribution >= 0.6 is 0 Å². The van der Waals surface area contributed by atoms with Crippen molar-refractivity contribution in [3.05, 3.63) is 83.2 Å². The summed E-state index contributed by atoms with van der Waals surface area (Å²) in [4.78, 5) is 23.5. The Balaban J connectivity index is 2.46. The first-order valence-electron chi connectivity index (χ1n) is 8.51. The molecule has 152 valence electrons. The number of aldehydes is 1. The van der Waals surface area contributed by atoms with E-state index in [2.05, 4.69) is 10.6 Å². The topological polar surface area (TPSA) is 67.4 Å². The normalized spacial score (nSPS) is 12.0. The Labute approximate surface area is 165 Å². The van der Waals surface area contributed by atoms with Crippen molar-refractivity contribution in [2.45, 2.75) is 13.1 Å². The molecule has 0 atom stereocenters. The molecular weight excluding hydrogens is 385 g/mol. The van der Waals surface area contributed by atoms with Gasteiger partial charge in [0.25, 0.3) is 5.91 Å². The number of alkyl halides is 3. The summed E-state index contributed by atoms with van der Waals surface area (Å²) >= 11 is 0. The molecule has 0 spiro atoms. The maximum absolute atomic E-state index is 13.2. The average Bonchev–Trinajstić information content (AvgIpc) is 2.67. The molecule has 0 saturated carbocycles.